The summed E-state index contributed by atoms with van der Waals surface area (Å²) < 4.78 is 5.19. The molecule has 0 amide bonds. The summed E-state index contributed by atoms with van der Waals surface area (Å²) in [6.07, 6.45) is 6.60. The summed E-state index contributed by atoms with van der Waals surface area (Å²) in [5.74, 6) is 0.0582. The summed E-state index contributed by atoms with van der Waals surface area (Å²) in [6, 6.07) is 7.10. The van der Waals surface area contributed by atoms with E-state index >= 15 is 0 Å². The fourth-order valence-electron chi connectivity index (χ4n) is 2.87. The normalized spacial score (nSPS) is 17.4. The van der Waals surface area contributed by atoms with Gasteiger partial charge in [-0.2, -0.15) is 0 Å². The molecular formula is C17H25NO3. The highest BCUT2D eigenvalue weighted by atomic mass is 16.5. The van der Waals surface area contributed by atoms with Crippen LogP contribution in [0, 0.1) is 0 Å². The number of benzene rings is 1. The van der Waals surface area contributed by atoms with Gasteiger partial charge in [-0.05, 0) is 43.9 Å². The minimum absolute atomic E-state index is 0.184. The van der Waals surface area contributed by atoms with Gasteiger partial charge in [-0.15, -0.1) is 0 Å². The number of ether oxygens (including phenoxy) is 1. The van der Waals surface area contributed by atoms with Gasteiger partial charge >= 0.3 is 5.97 Å². The van der Waals surface area contributed by atoms with Crippen LogP contribution in [0.4, 0.5) is 0 Å². The predicted octanol–water partition coefficient (Wildman–Crippen LogP) is 2.79. The first-order valence-corrected chi connectivity index (χ1v) is 7.89. The summed E-state index contributed by atoms with van der Waals surface area (Å²) in [5.41, 5.74) is 1.02. The number of hydrogen-bond donors (Lipinski definition) is 2. The molecule has 4 heteroatoms. The summed E-state index contributed by atoms with van der Waals surface area (Å²) >= 11 is 0. The van der Waals surface area contributed by atoms with Crippen LogP contribution in [-0.4, -0.2) is 29.8 Å². The highest BCUT2D eigenvalue weighted by Crippen LogP contribution is 2.19. The third kappa shape index (κ3) is 5.05. The Balaban J connectivity index is 2.00. The second kappa shape index (κ2) is 8.03. The Morgan fingerprint density at radius 3 is 2.57 bits per heavy atom. The molecule has 1 atom stereocenters. The first-order chi connectivity index (χ1) is 10.2. The lowest BCUT2D eigenvalue weighted by Crippen LogP contribution is -2.46. The number of carbonyl (C=O) groups is 1. The summed E-state index contributed by atoms with van der Waals surface area (Å²) in [4.78, 5) is 12.2. The van der Waals surface area contributed by atoms with Gasteiger partial charge in [0.05, 0.1) is 6.61 Å². The lowest BCUT2D eigenvalue weighted by molar-refractivity contribution is -0.145. The van der Waals surface area contributed by atoms with Gasteiger partial charge in [0, 0.05) is 6.04 Å². The fraction of sp³-hybridized carbons (Fsp3) is 0.588. The maximum absolute atomic E-state index is 12.2. The Morgan fingerprint density at radius 1 is 1.29 bits per heavy atom. The molecule has 1 saturated carbocycles. The number of nitrogens with one attached hydrogen (secondary N) is 1. The Kier molecular flexibility index (Phi) is 6.05. The zero-order chi connectivity index (χ0) is 15.1. The molecule has 0 bridgehead atoms. The first-order valence-electron chi connectivity index (χ1n) is 7.89. The number of phenols is 1. The maximum Gasteiger partial charge on any atom is 0.323 e. The quantitative estimate of drug-likeness (QED) is 0.791. The summed E-state index contributed by atoms with van der Waals surface area (Å²) in [5, 5.41) is 12.8. The van der Waals surface area contributed by atoms with Crippen LogP contribution in [-0.2, 0) is 16.0 Å². The van der Waals surface area contributed by atoms with Gasteiger partial charge in [-0.1, -0.05) is 31.4 Å². The average Bonchev–Trinajstić information content (AvgIpc) is 2.50. The van der Waals surface area contributed by atoms with E-state index in [1.807, 2.05) is 19.1 Å². The van der Waals surface area contributed by atoms with Gasteiger partial charge in [0.25, 0.3) is 0 Å². The molecule has 4 nitrogen and oxygen atoms in total. The fourth-order valence-corrected chi connectivity index (χ4v) is 2.87. The van der Waals surface area contributed by atoms with Crippen molar-refractivity contribution in [3.63, 3.8) is 0 Å². The van der Waals surface area contributed by atoms with Crippen molar-refractivity contribution in [2.45, 2.75) is 57.5 Å². The van der Waals surface area contributed by atoms with Crippen molar-refractivity contribution in [3.8, 4) is 5.75 Å². The van der Waals surface area contributed by atoms with E-state index in [1.54, 1.807) is 12.1 Å². The van der Waals surface area contributed by atoms with Crippen molar-refractivity contribution >= 4 is 5.97 Å². The molecule has 1 fully saturated rings. The topological polar surface area (TPSA) is 58.6 Å². The predicted molar refractivity (Wildman–Crippen MR) is 82.2 cm³/mol. The molecule has 0 heterocycles. The van der Waals surface area contributed by atoms with Gasteiger partial charge in [-0.3, -0.25) is 4.79 Å². The van der Waals surface area contributed by atoms with Crippen LogP contribution >= 0.6 is 0 Å². The molecule has 1 aliphatic carbocycles. The second-order valence-corrected chi connectivity index (χ2v) is 5.68. The highest BCUT2D eigenvalue weighted by molar-refractivity contribution is 5.76. The zero-order valence-corrected chi connectivity index (χ0v) is 12.7. The van der Waals surface area contributed by atoms with Gasteiger partial charge in [0.2, 0.25) is 0 Å². The Bertz CT molecular complexity index is 438. The molecule has 0 saturated heterocycles. The molecule has 0 spiro atoms. The molecule has 1 aliphatic rings. The van der Waals surface area contributed by atoms with E-state index in [0.717, 1.165) is 18.4 Å². The van der Waals surface area contributed by atoms with Crippen molar-refractivity contribution in [1.82, 2.24) is 5.32 Å². The highest BCUT2D eigenvalue weighted by Gasteiger charge is 2.24. The van der Waals surface area contributed by atoms with Crippen molar-refractivity contribution in [1.29, 1.82) is 0 Å². The van der Waals surface area contributed by atoms with Crippen LogP contribution < -0.4 is 5.32 Å². The third-order valence-corrected chi connectivity index (χ3v) is 3.99. The molecule has 0 aromatic heterocycles. The van der Waals surface area contributed by atoms with Gasteiger partial charge in [0.15, 0.2) is 0 Å². The average molecular weight is 291 g/mol. The van der Waals surface area contributed by atoms with Crippen molar-refractivity contribution < 1.29 is 14.6 Å². The lowest BCUT2D eigenvalue weighted by atomic mass is 9.94. The van der Waals surface area contributed by atoms with Crippen molar-refractivity contribution in [2.24, 2.45) is 0 Å². The minimum atomic E-state index is -0.308. The molecule has 0 aliphatic heterocycles. The number of esters is 1. The van der Waals surface area contributed by atoms with E-state index in [0.29, 0.717) is 19.1 Å². The van der Waals surface area contributed by atoms with Gasteiger partial charge in [0.1, 0.15) is 11.8 Å². The van der Waals surface area contributed by atoms with E-state index in [-0.39, 0.29) is 17.8 Å². The number of hydrogen-bond acceptors (Lipinski definition) is 4. The zero-order valence-electron chi connectivity index (χ0n) is 12.7. The second-order valence-electron chi connectivity index (χ2n) is 5.68. The lowest BCUT2D eigenvalue weighted by Gasteiger charge is -2.27. The molecule has 2 N–H and O–H groups in total. The van der Waals surface area contributed by atoms with Gasteiger partial charge in [-0.25, -0.2) is 0 Å². The van der Waals surface area contributed by atoms with Crippen molar-refractivity contribution in [3.05, 3.63) is 29.8 Å². The van der Waals surface area contributed by atoms with Crippen LogP contribution in [0.3, 0.4) is 0 Å². The molecule has 1 aromatic rings. The van der Waals surface area contributed by atoms with E-state index in [9.17, 15) is 9.90 Å². The third-order valence-electron chi connectivity index (χ3n) is 3.99. The maximum atomic E-state index is 12.2. The Morgan fingerprint density at radius 2 is 1.95 bits per heavy atom. The number of phenolic OH excluding ortho intramolecular Hbond substituents is 1. The molecule has 2 rings (SSSR count). The van der Waals surface area contributed by atoms with Crippen molar-refractivity contribution in [2.75, 3.05) is 6.61 Å². The van der Waals surface area contributed by atoms with E-state index < -0.39 is 0 Å². The number of carbonyl (C=O) groups excluding carboxylic acids is 1. The first kappa shape index (κ1) is 15.8. The molecular weight excluding hydrogens is 266 g/mol. The Hall–Kier alpha value is -1.55. The van der Waals surface area contributed by atoms with Crippen LogP contribution in [0.25, 0.3) is 0 Å². The monoisotopic (exact) mass is 291 g/mol. The standard InChI is InChI=1S/C17H25NO3/c1-2-21-17(20)16(18-14-6-4-3-5-7-14)12-13-8-10-15(19)11-9-13/h8-11,14,16,18-19H,2-7,12H2,1H3. The molecule has 0 radical (unpaired) electrons. The van der Waals surface area contributed by atoms with E-state index in [1.165, 1.54) is 19.3 Å². The molecule has 21 heavy (non-hydrogen) atoms. The van der Waals surface area contributed by atoms with Gasteiger partial charge < -0.3 is 15.2 Å². The summed E-state index contributed by atoms with van der Waals surface area (Å²) in [6.45, 7) is 2.23. The van der Waals surface area contributed by atoms with E-state index in [4.69, 9.17) is 4.74 Å². The Labute approximate surface area is 126 Å². The van der Waals surface area contributed by atoms with Crippen LogP contribution in [0.15, 0.2) is 24.3 Å². The SMILES string of the molecule is CCOC(=O)C(Cc1ccc(O)cc1)NC1CCCCC1. The molecule has 116 valence electrons. The van der Waals surface area contributed by atoms with Crippen LogP contribution in [0.2, 0.25) is 0 Å². The largest absolute Gasteiger partial charge is 0.508 e. The van der Waals surface area contributed by atoms with Crippen LogP contribution in [0.1, 0.15) is 44.6 Å². The van der Waals surface area contributed by atoms with Crippen LogP contribution in [0.5, 0.6) is 5.75 Å². The molecule has 1 aromatic carbocycles. The summed E-state index contributed by atoms with van der Waals surface area (Å²) in [7, 11) is 0. The smallest absolute Gasteiger partial charge is 0.323 e. The number of rotatable bonds is 6. The van der Waals surface area contributed by atoms with E-state index in [2.05, 4.69) is 5.32 Å². The minimum Gasteiger partial charge on any atom is -0.508 e. The molecule has 1 unspecified atom stereocenters. The number of aromatic hydroxyl groups is 1.